The van der Waals surface area contributed by atoms with E-state index in [2.05, 4.69) is 9.98 Å². The largest absolute Gasteiger partial charge is 0.264 e. The van der Waals surface area contributed by atoms with Crippen LogP contribution in [-0.2, 0) is 15.8 Å². The number of aromatic nitrogens is 1. The monoisotopic (exact) mass is 285 g/mol. The highest BCUT2D eigenvalue weighted by molar-refractivity contribution is 8.14. The molecule has 0 fully saturated rings. The summed E-state index contributed by atoms with van der Waals surface area (Å²) in [5, 5.41) is 0.598. The van der Waals surface area contributed by atoms with E-state index < -0.39 is 10.0 Å². The Balaban J connectivity index is 2.01. The molecule has 0 amide bonds. The summed E-state index contributed by atoms with van der Waals surface area (Å²) in [5.74, 6) is 0.794. The van der Waals surface area contributed by atoms with Gasteiger partial charge in [0.05, 0.1) is 18.8 Å². The number of hydrogen-bond donors (Lipinski definition) is 0. The third-order valence-electron chi connectivity index (χ3n) is 2.55. The van der Waals surface area contributed by atoms with Crippen LogP contribution in [0.15, 0.2) is 29.5 Å². The van der Waals surface area contributed by atoms with Crippen LogP contribution < -0.4 is 0 Å². The van der Waals surface area contributed by atoms with Crippen LogP contribution in [-0.4, -0.2) is 41.7 Å². The van der Waals surface area contributed by atoms with Crippen LogP contribution in [0.25, 0.3) is 0 Å². The van der Waals surface area contributed by atoms with Crippen molar-refractivity contribution < 1.29 is 8.42 Å². The van der Waals surface area contributed by atoms with Crippen molar-refractivity contribution in [3.63, 3.8) is 0 Å². The lowest BCUT2D eigenvalue weighted by atomic mass is 10.3. The minimum absolute atomic E-state index is 0.111. The maximum absolute atomic E-state index is 11.8. The van der Waals surface area contributed by atoms with Gasteiger partial charge in [-0.3, -0.25) is 9.98 Å². The Kier molecular flexibility index (Phi) is 4.23. The van der Waals surface area contributed by atoms with Crippen molar-refractivity contribution in [1.82, 2.24) is 9.29 Å². The topological polar surface area (TPSA) is 62.6 Å². The first-order valence-electron chi connectivity index (χ1n) is 5.70. The van der Waals surface area contributed by atoms with Crippen LogP contribution in [0, 0.1) is 0 Å². The van der Waals surface area contributed by atoms with Crippen molar-refractivity contribution in [1.29, 1.82) is 0 Å². The number of rotatable bonds is 4. The molecule has 0 spiro atoms. The van der Waals surface area contributed by atoms with Crippen molar-refractivity contribution in [2.24, 2.45) is 4.99 Å². The standard InChI is InChI=1S/C11H15N3O2S2/c1-2-18(15,16)14-7-6-13-11(14)17-9-10-4-3-5-12-8-10/h3-5,8H,2,6-7,9H2,1H3. The summed E-state index contributed by atoms with van der Waals surface area (Å²) in [4.78, 5) is 8.28. The zero-order chi connectivity index (χ0) is 13.0. The lowest BCUT2D eigenvalue weighted by molar-refractivity contribution is 0.541. The zero-order valence-corrected chi connectivity index (χ0v) is 11.7. The molecule has 0 unspecified atom stereocenters. The summed E-state index contributed by atoms with van der Waals surface area (Å²) in [5.41, 5.74) is 1.06. The molecule has 1 aliphatic rings. The Morgan fingerprint density at radius 1 is 1.50 bits per heavy atom. The lowest BCUT2D eigenvalue weighted by Crippen LogP contribution is -2.34. The average molecular weight is 285 g/mol. The highest BCUT2D eigenvalue weighted by atomic mass is 32.2. The van der Waals surface area contributed by atoms with Crippen LogP contribution in [0.5, 0.6) is 0 Å². The van der Waals surface area contributed by atoms with Crippen LogP contribution in [0.3, 0.4) is 0 Å². The number of aliphatic imine (C=N–C) groups is 1. The van der Waals surface area contributed by atoms with Gasteiger partial charge in [-0.15, -0.1) is 0 Å². The molecule has 0 atom stereocenters. The summed E-state index contributed by atoms with van der Waals surface area (Å²) < 4.78 is 25.1. The summed E-state index contributed by atoms with van der Waals surface area (Å²) in [7, 11) is -3.19. The van der Waals surface area contributed by atoms with Crippen LogP contribution >= 0.6 is 11.8 Å². The molecule has 7 heteroatoms. The lowest BCUT2D eigenvalue weighted by Gasteiger charge is -2.18. The van der Waals surface area contributed by atoms with Crippen molar-refractivity contribution in [3.05, 3.63) is 30.1 Å². The van der Waals surface area contributed by atoms with Gasteiger partial charge in [0, 0.05) is 18.1 Å². The summed E-state index contributed by atoms with van der Waals surface area (Å²) >= 11 is 1.44. The normalized spacial score (nSPS) is 15.8. The van der Waals surface area contributed by atoms with Gasteiger partial charge in [0.1, 0.15) is 0 Å². The molecule has 0 saturated carbocycles. The van der Waals surface area contributed by atoms with Gasteiger partial charge in [-0.25, -0.2) is 12.7 Å². The van der Waals surface area contributed by atoms with E-state index in [0.29, 0.717) is 24.0 Å². The van der Waals surface area contributed by atoms with Gasteiger partial charge < -0.3 is 0 Å². The zero-order valence-electron chi connectivity index (χ0n) is 10.1. The van der Waals surface area contributed by atoms with Crippen molar-refractivity contribution in [2.45, 2.75) is 12.7 Å². The predicted octanol–water partition coefficient (Wildman–Crippen LogP) is 1.34. The van der Waals surface area contributed by atoms with E-state index in [1.165, 1.54) is 16.1 Å². The van der Waals surface area contributed by atoms with E-state index in [0.717, 1.165) is 5.56 Å². The molecule has 1 aromatic rings. The van der Waals surface area contributed by atoms with E-state index in [4.69, 9.17) is 0 Å². The van der Waals surface area contributed by atoms with Crippen LogP contribution in [0.2, 0.25) is 0 Å². The molecule has 0 saturated heterocycles. The third-order valence-corrected chi connectivity index (χ3v) is 5.51. The average Bonchev–Trinajstić information content (AvgIpc) is 2.87. The first kappa shape index (κ1) is 13.4. The van der Waals surface area contributed by atoms with Crippen molar-refractivity contribution in [3.8, 4) is 0 Å². The highest BCUT2D eigenvalue weighted by Crippen LogP contribution is 2.21. The molecule has 2 rings (SSSR count). The van der Waals surface area contributed by atoms with Crippen molar-refractivity contribution in [2.75, 3.05) is 18.8 Å². The minimum Gasteiger partial charge on any atom is -0.264 e. The first-order chi connectivity index (χ1) is 8.63. The Labute approximate surface area is 111 Å². The number of amidine groups is 1. The number of nitrogens with zero attached hydrogens (tertiary/aromatic N) is 3. The van der Waals surface area contributed by atoms with Crippen LogP contribution in [0.1, 0.15) is 12.5 Å². The number of sulfonamides is 1. The smallest absolute Gasteiger partial charge is 0.236 e. The fraction of sp³-hybridized carbons (Fsp3) is 0.455. The van der Waals surface area contributed by atoms with Crippen molar-refractivity contribution >= 4 is 27.0 Å². The summed E-state index contributed by atoms with van der Waals surface area (Å²) in [6.07, 6.45) is 3.50. The molecular weight excluding hydrogens is 270 g/mol. The summed E-state index contributed by atoms with van der Waals surface area (Å²) in [6.45, 7) is 2.66. The fourth-order valence-electron chi connectivity index (χ4n) is 1.57. The molecule has 0 aliphatic carbocycles. The number of hydrogen-bond acceptors (Lipinski definition) is 5. The molecule has 98 valence electrons. The van der Waals surface area contributed by atoms with Gasteiger partial charge in [-0.2, -0.15) is 0 Å². The molecule has 1 aromatic heterocycles. The molecule has 0 radical (unpaired) electrons. The maximum atomic E-state index is 11.8. The van der Waals surface area contributed by atoms with E-state index in [1.807, 2.05) is 12.1 Å². The first-order valence-corrected chi connectivity index (χ1v) is 8.29. The highest BCUT2D eigenvalue weighted by Gasteiger charge is 2.27. The van der Waals surface area contributed by atoms with E-state index in [9.17, 15) is 8.42 Å². The second kappa shape index (κ2) is 5.71. The Morgan fingerprint density at radius 3 is 3.00 bits per heavy atom. The maximum Gasteiger partial charge on any atom is 0.236 e. The minimum atomic E-state index is -3.19. The van der Waals surface area contributed by atoms with E-state index in [-0.39, 0.29) is 5.75 Å². The predicted molar refractivity (Wildman–Crippen MR) is 74.0 cm³/mol. The molecule has 5 nitrogen and oxygen atoms in total. The van der Waals surface area contributed by atoms with Gasteiger partial charge in [0.2, 0.25) is 10.0 Å². The molecule has 18 heavy (non-hydrogen) atoms. The quantitative estimate of drug-likeness (QED) is 0.837. The molecule has 0 bridgehead atoms. The molecule has 0 aromatic carbocycles. The van der Waals surface area contributed by atoms with Gasteiger partial charge in [0.25, 0.3) is 0 Å². The molecule has 0 N–H and O–H groups in total. The van der Waals surface area contributed by atoms with E-state index in [1.54, 1.807) is 19.3 Å². The van der Waals surface area contributed by atoms with Gasteiger partial charge in [0.15, 0.2) is 5.17 Å². The van der Waals surface area contributed by atoms with E-state index >= 15 is 0 Å². The SMILES string of the molecule is CCS(=O)(=O)N1CCN=C1SCc1cccnc1. The Bertz CT molecular complexity index is 528. The number of thioether (sulfide) groups is 1. The molecule has 2 heterocycles. The Hall–Kier alpha value is -1.08. The second-order valence-corrected chi connectivity index (χ2v) is 6.91. The molecular formula is C11H15N3O2S2. The van der Waals surface area contributed by atoms with Crippen LogP contribution in [0.4, 0.5) is 0 Å². The molecule has 1 aliphatic heterocycles. The fourth-order valence-corrected chi connectivity index (χ4v) is 3.92. The third kappa shape index (κ3) is 3.02. The Morgan fingerprint density at radius 2 is 2.33 bits per heavy atom. The second-order valence-electron chi connectivity index (χ2n) is 3.79. The number of pyridine rings is 1. The van der Waals surface area contributed by atoms with Gasteiger partial charge >= 0.3 is 0 Å². The summed E-state index contributed by atoms with van der Waals surface area (Å²) in [6, 6.07) is 3.83. The van der Waals surface area contributed by atoms with Gasteiger partial charge in [-0.05, 0) is 18.6 Å². The van der Waals surface area contributed by atoms with Gasteiger partial charge in [-0.1, -0.05) is 17.8 Å².